The summed E-state index contributed by atoms with van der Waals surface area (Å²) in [5.41, 5.74) is 5.06. The van der Waals surface area contributed by atoms with E-state index in [0.29, 0.717) is 12.8 Å². The molecule has 0 saturated heterocycles. The molecular weight excluding hydrogens is 330 g/mol. The number of nitrogens with two attached hydrogens (primary N) is 1. The van der Waals surface area contributed by atoms with Crippen LogP contribution in [-0.4, -0.2) is 39.3 Å². The molecule has 0 aliphatic heterocycles. The first kappa shape index (κ1) is 16.7. The maximum absolute atomic E-state index is 12.6. The van der Waals surface area contributed by atoms with Crippen LogP contribution in [0.5, 0.6) is 0 Å². The predicted molar refractivity (Wildman–Crippen MR) is 85.4 cm³/mol. The van der Waals surface area contributed by atoms with E-state index < -0.39 is 46.1 Å². The topological polar surface area (TPSA) is 149 Å². The van der Waals surface area contributed by atoms with Crippen LogP contribution in [0.15, 0.2) is 29.6 Å². The molecule has 2 amide bonds. The zero-order valence-corrected chi connectivity index (χ0v) is 13.1. The third-order valence-corrected chi connectivity index (χ3v) is 4.56. The van der Waals surface area contributed by atoms with Gasteiger partial charge in [0.2, 0.25) is 6.04 Å². The van der Waals surface area contributed by atoms with Gasteiger partial charge in [0.05, 0.1) is 5.69 Å². The molecule has 1 heterocycles. The first-order chi connectivity index (χ1) is 11.9. The number of rotatable bonds is 3. The van der Waals surface area contributed by atoms with E-state index in [1.54, 1.807) is 0 Å². The summed E-state index contributed by atoms with van der Waals surface area (Å²) in [5, 5.41) is 15.8. The maximum Gasteiger partial charge on any atom is 0.340 e. The Morgan fingerprint density at radius 1 is 1.28 bits per heavy atom. The molecule has 3 unspecified atom stereocenters. The van der Waals surface area contributed by atoms with Gasteiger partial charge < -0.3 is 5.73 Å². The number of pyridine rings is 1. The fraction of sp³-hybridized carbons (Fsp3) is 0.400. The monoisotopic (exact) mass is 345 g/mol. The Hall–Kier alpha value is -3.17. The molecular formula is C15H15N5O5. The van der Waals surface area contributed by atoms with Crippen molar-refractivity contribution in [3.05, 3.63) is 34.6 Å². The largest absolute Gasteiger partial charge is 0.350 e. The van der Waals surface area contributed by atoms with Crippen molar-refractivity contribution in [3.8, 4) is 0 Å². The number of primary amides is 1. The molecule has 0 aromatic carbocycles. The number of ketones is 2. The Morgan fingerprint density at radius 2 is 1.96 bits per heavy atom. The molecule has 2 saturated carbocycles. The van der Waals surface area contributed by atoms with Crippen LogP contribution in [0.1, 0.15) is 19.3 Å². The van der Waals surface area contributed by atoms with Crippen LogP contribution >= 0.6 is 0 Å². The van der Waals surface area contributed by atoms with Gasteiger partial charge in [-0.3, -0.25) is 24.7 Å². The van der Waals surface area contributed by atoms with Crippen LogP contribution in [0.25, 0.3) is 0 Å². The number of hydrogen-bond acceptors (Lipinski definition) is 7. The van der Waals surface area contributed by atoms with Gasteiger partial charge in [0.1, 0.15) is 5.92 Å². The summed E-state index contributed by atoms with van der Waals surface area (Å²) >= 11 is 0. The van der Waals surface area contributed by atoms with E-state index in [9.17, 15) is 24.5 Å². The lowest BCUT2D eigenvalue weighted by Crippen LogP contribution is -2.40. The molecule has 2 aliphatic rings. The van der Waals surface area contributed by atoms with Gasteiger partial charge in [-0.15, -0.1) is 0 Å². The van der Waals surface area contributed by atoms with Crippen molar-refractivity contribution in [1.82, 2.24) is 4.98 Å². The summed E-state index contributed by atoms with van der Waals surface area (Å²) in [6, 6.07) is 0.780. The highest BCUT2D eigenvalue weighted by atomic mass is 16.6. The van der Waals surface area contributed by atoms with Gasteiger partial charge >= 0.3 is 6.03 Å². The first-order valence-electron chi connectivity index (χ1n) is 7.72. The molecule has 3 atom stereocenters. The number of hydrazone groups is 1. The van der Waals surface area contributed by atoms with Crippen molar-refractivity contribution >= 4 is 29.0 Å². The molecule has 0 radical (unpaired) electrons. The summed E-state index contributed by atoms with van der Waals surface area (Å²) in [5.74, 6) is -3.05. The van der Waals surface area contributed by atoms with E-state index in [-0.39, 0.29) is 12.1 Å². The second-order valence-corrected chi connectivity index (χ2v) is 5.95. The van der Waals surface area contributed by atoms with Gasteiger partial charge in [-0.25, -0.2) is 4.79 Å². The molecule has 0 spiro atoms. The summed E-state index contributed by atoms with van der Waals surface area (Å²) in [6.07, 6.45) is 3.91. The highest BCUT2D eigenvalue weighted by Crippen LogP contribution is 2.38. The number of fused-ring (bicyclic) bond motifs is 1. The number of amides is 2. The number of urea groups is 1. The number of hydrogen-bond donors (Lipinski definition) is 1. The number of nitrogens with zero attached hydrogens (tertiary/aromatic N) is 4. The molecule has 1 aromatic rings. The minimum Gasteiger partial charge on any atom is -0.350 e. The van der Waals surface area contributed by atoms with E-state index in [4.69, 9.17) is 5.73 Å². The summed E-state index contributed by atoms with van der Waals surface area (Å²) in [7, 11) is 0. The van der Waals surface area contributed by atoms with Gasteiger partial charge in [0, 0.05) is 29.7 Å². The lowest BCUT2D eigenvalue weighted by molar-refractivity contribution is -0.533. The summed E-state index contributed by atoms with van der Waals surface area (Å²) in [6.45, 7) is 0. The first-order valence-corrected chi connectivity index (χ1v) is 7.72. The highest BCUT2D eigenvalue weighted by Gasteiger charge is 2.56. The van der Waals surface area contributed by atoms with Crippen LogP contribution in [0.3, 0.4) is 0 Å². The molecule has 3 rings (SSSR count). The van der Waals surface area contributed by atoms with Crippen LogP contribution in [0, 0.1) is 22.0 Å². The van der Waals surface area contributed by atoms with Crippen molar-refractivity contribution in [2.45, 2.75) is 25.3 Å². The number of carbonyl (C=O) groups excluding carboxylic acids is 3. The van der Waals surface area contributed by atoms with Crippen LogP contribution in [0.4, 0.5) is 10.5 Å². The number of Topliss-reactive ketones (excluding diaryl/α,β-unsaturated/α-hetero) is 2. The van der Waals surface area contributed by atoms with Gasteiger partial charge in [-0.2, -0.15) is 10.1 Å². The lowest BCUT2D eigenvalue weighted by Gasteiger charge is -2.24. The smallest absolute Gasteiger partial charge is 0.340 e. The Morgan fingerprint density at radius 3 is 2.56 bits per heavy atom. The van der Waals surface area contributed by atoms with Crippen molar-refractivity contribution in [1.29, 1.82) is 0 Å². The zero-order valence-electron chi connectivity index (χ0n) is 13.1. The third kappa shape index (κ3) is 2.86. The quantitative estimate of drug-likeness (QED) is 0.624. The predicted octanol–water partition coefficient (Wildman–Crippen LogP) is 0.536. The molecule has 2 aliphatic carbocycles. The van der Waals surface area contributed by atoms with Crippen LogP contribution < -0.4 is 10.7 Å². The SMILES string of the molecule is NC(=O)N(/N=C1/C(=O)C2CCCC([N+](=O)[O-])C2C1=O)c1ccncc1. The molecule has 10 nitrogen and oxygen atoms in total. The average Bonchev–Trinajstić information content (AvgIpc) is 2.84. The normalized spacial score (nSPS) is 27.2. The molecule has 0 bridgehead atoms. The summed E-state index contributed by atoms with van der Waals surface area (Å²) < 4.78 is 0. The zero-order chi connectivity index (χ0) is 18.1. The molecule has 1 aromatic heterocycles. The Kier molecular flexibility index (Phi) is 4.26. The van der Waals surface area contributed by atoms with E-state index in [1.807, 2.05) is 0 Å². The molecule has 25 heavy (non-hydrogen) atoms. The van der Waals surface area contributed by atoms with Crippen molar-refractivity contribution in [3.63, 3.8) is 0 Å². The Bertz CT molecular complexity index is 778. The molecule has 10 heteroatoms. The Balaban J connectivity index is 2.00. The van der Waals surface area contributed by atoms with Crippen LogP contribution in [-0.2, 0) is 9.59 Å². The maximum atomic E-state index is 12.6. The fourth-order valence-electron chi connectivity index (χ4n) is 3.44. The minimum absolute atomic E-state index is 0.233. The second-order valence-electron chi connectivity index (χ2n) is 5.95. The summed E-state index contributed by atoms with van der Waals surface area (Å²) in [4.78, 5) is 51.3. The van der Waals surface area contributed by atoms with E-state index in [0.717, 1.165) is 5.01 Å². The minimum atomic E-state index is -1.11. The van der Waals surface area contributed by atoms with E-state index >= 15 is 0 Å². The standard InChI is InChI=1S/C15H15N5O5/c16-15(23)19(8-4-6-17-7-5-8)18-12-13(21)9-2-1-3-10(20(24)25)11(9)14(12)22/h4-7,9-11H,1-3H2,(H2,16,23)/b18-12-. The number of carbonyl (C=O) groups is 3. The average molecular weight is 345 g/mol. The number of nitro groups is 1. The van der Waals surface area contributed by atoms with Gasteiger partial charge in [-0.05, 0) is 25.0 Å². The van der Waals surface area contributed by atoms with E-state index in [2.05, 4.69) is 10.1 Å². The highest BCUT2D eigenvalue weighted by molar-refractivity contribution is 6.70. The van der Waals surface area contributed by atoms with Gasteiger partial charge in [0.25, 0.3) is 0 Å². The van der Waals surface area contributed by atoms with Crippen molar-refractivity contribution < 1.29 is 19.3 Å². The third-order valence-electron chi connectivity index (χ3n) is 4.56. The molecule has 130 valence electrons. The number of anilines is 1. The molecule has 2 N–H and O–H groups in total. The lowest BCUT2D eigenvalue weighted by atomic mass is 9.77. The Labute approximate surface area is 141 Å². The number of aromatic nitrogens is 1. The molecule has 2 fully saturated rings. The van der Waals surface area contributed by atoms with Crippen LogP contribution in [0.2, 0.25) is 0 Å². The van der Waals surface area contributed by atoms with Crippen molar-refractivity contribution in [2.24, 2.45) is 22.7 Å². The fourth-order valence-corrected chi connectivity index (χ4v) is 3.44. The van der Waals surface area contributed by atoms with E-state index in [1.165, 1.54) is 24.5 Å². The van der Waals surface area contributed by atoms with Gasteiger partial charge in [-0.1, -0.05) is 0 Å². The second kappa shape index (κ2) is 6.38. The van der Waals surface area contributed by atoms with Gasteiger partial charge in [0.15, 0.2) is 17.3 Å². The van der Waals surface area contributed by atoms with Crippen molar-refractivity contribution in [2.75, 3.05) is 5.01 Å².